The van der Waals surface area contributed by atoms with E-state index < -0.39 is 11.7 Å². The van der Waals surface area contributed by atoms with Crippen molar-refractivity contribution in [1.29, 1.82) is 5.41 Å². The molecule has 16 heavy (non-hydrogen) atoms. The number of aromatic hydroxyl groups is 1. The molecule has 82 valence electrons. The summed E-state index contributed by atoms with van der Waals surface area (Å²) in [5, 5.41) is 18.8. The molecule has 0 aliphatic carbocycles. The molecule has 0 fully saturated rings. The van der Waals surface area contributed by atoms with Gasteiger partial charge in [0.05, 0.1) is 23.0 Å². The summed E-state index contributed by atoms with van der Waals surface area (Å²) in [6.07, 6.45) is 0. The average Bonchev–Trinajstić information content (AvgIpc) is 2.20. The van der Waals surface area contributed by atoms with Crippen LogP contribution >= 0.6 is 11.6 Å². The van der Waals surface area contributed by atoms with Crippen LogP contribution in [0.1, 0.15) is 17.3 Å². The molecule has 5 nitrogen and oxygen atoms in total. The Kier molecular flexibility index (Phi) is 3.48. The molecule has 3 N–H and O–H groups in total. The molecule has 0 aliphatic rings. The molecule has 6 heteroatoms. The maximum absolute atomic E-state index is 11.5. The van der Waals surface area contributed by atoms with Crippen LogP contribution in [0, 0.1) is 12.0 Å². The fourth-order valence-corrected chi connectivity index (χ4v) is 1.27. The summed E-state index contributed by atoms with van der Waals surface area (Å²) in [6, 6.07) is 2.48. The van der Waals surface area contributed by atoms with Gasteiger partial charge in [-0.1, -0.05) is 11.6 Å². The van der Waals surface area contributed by atoms with E-state index in [9.17, 15) is 9.90 Å². The molecule has 0 bridgehead atoms. The average molecular weight is 238 g/mol. The Balaban J connectivity index is 3.23. The summed E-state index contributed by atoms with van der Waals surface area (Å²) in [7, 11) is 0. The first-order valence-corrected chi connectivity index (χ1v) is 4.60. The van der Waals surface area contributed by atoms with Crippen molar-refractivity contribution in [3.05, 3.63) is 34.1 Å². The van der Waals surface area contributed by atoms with Gasteiger partial charge in [0.2, 0.25) is 0 Å². The van der Waals surface area contributed by atoms with Crippen LogP contribution in [0.15, 0.2) is 12.1 Å². The second-order valence-corrected chi connectivity index (χ2v) is 3.42. The fourth-order valence-electron chi connectivity index (χ4n) is 1.06. The van der Waals surface area contributed by atoms with Crippen LogP contribution in [0.4, 0.5) is 5.69 Å². The lowest BCUT2D eigenvalue weighted by Crippen LogP contribution is -2.27. The Bertz CT molecular complexity index is 506. The Morgan fingerprint density at radius 3 is 2.75 bits per heavy atom. The van der Waals surface area contributed by atoms with E-state index in [1.807, 2.05) is 0 Å². The van der Waals surface area contributed by atoms with E-state index in [0.717, 1.165) is 0 Å². The van der Waals surface area contributed by atoms with Gasteiger partial charge >= 0.3 is 0 Å². The number of phenolic OH excluding ortho intramolecular Hbond substituents is 1. The molecule has 0 saturated heterocycles. The molecule has 1 rings (SSSR count). The zero-order chi connectivity index (χ0) is 12.3. The second kappa shape index (κ2) is 4.64. The SMILES string of the molecule is [C-]#[N+]c1cc(Cl)c(O)c(C(=O)NC(C)=N)c1. The quantitative estimate of drug-likeness (QED) is 0.398. The van der Waals surface area contributed by atoms with Crippen LogP contribution in [0.3, 0.4) is 0 Å². The molecule has 0 atom stereocenters. The third kappa shape index (κ3) is 2.49. The summed E-state index contributed by atoms with van der Waals surface area (Å²) >= 11 is 5.65. The smallest absolute Gasteiger partial charge is 0.259 e. The number of hydrogen-bond donors (Lipinski definition) is 3. The molecule has 1 aromatic carbocycles. The Morgan fingerprint density at radius 2 is 2.25 bits per heavy atom. The number of nitrogens with one attached hydrogen (secondary N) is 2. The van der Waals surface area contributed by atoms with Crippen molar-refractivity contribution in [3.8, 4) is 5.75 Å². The molecule has 0 spiro atoms. The Hall–Kier alpha value is -2.06. The van der Waals surface area contributed by atoms with E-state index in [1.54, 1.807) is 0 Å². The maximum atomic E-state index is 11.5. The van der Waals surface area contributed by atoms with Crippen LogP contribution in [0.25, 0.3) is 4.85 Å². The number of phenols is 1. The van der Waals surface area contributed by atoms with Gasteiger partial charge in [-0.05, 0) is 19.1 Å². The van der Waals surface area contributed by atoms with Gasteiger partial charge in [0.1, 0.15) is 5.75 Å². The van der Waals surface area contributed by atoms with Crippen LogP contribution in [-0.4, -0.2) is 16.8 Å². The third-order valence-corrected chi connectivity index (χ3v) is 2.01. The molecule has 1 aromatic rings. The van der Waals surface area contributed by atoms with E-state index >= 15 is 0 Å². The van der Waals surface area contributed by atoms with Crippen molar-refractivity contribution in [1.82, 2.24) is 5.32 Å². The van der Waals surface area contributed by atoms with E-state index in [0.29, 0.717) is 0 Å². The van der Waals surface area contributed by atoms with Gasteiger partial charge < -0.3 is 10.4 Å². The highest BCUT2D eigenvalue weighted by molar-refractivity contribution is 6.33. The van der Waals surface area contributed by atoms with Gasteiger partial charge in [0, 0.05) is 0 Å². The van der Waals surface area contributed by atoms with Crippen LogP contribution in [0.2, 0.25) is 5.02 Å². The molecular weight excluding hydrogens is 230 g/mol. The Labute approximate surface area is 97.0 Å². The fraction of sp³-hybridized carbons (Fsp3) is 0.100. The summed E-state index contributed by atoms with van der Waals surface area (Å²) in [6.45, 7) is 8.19. The minimum absolute atomic E-state index is 0.0614. The van der Waals surface area contributed by atoms with Gasteiger partial charge in [0.15, 0.2) is 5.69 Å². The molecular formula is C10H8ClN3O2. The summed E-state index contributed by atoms with van der Waals surface area (Å²) in [5.41, 5.74) is 0.0284. The number of carbonyl (C=O) groups is 1. The zero-order valence-corrected chi connectivity index (χ0v) is 9.09. The highest BCUT2D eigenvalue weighted by Crippen LogP contribution is 2.32. The van der Waals surface area contributed by atoms with Gasteiger partial charge in [-0.15, -0.1) is 0 Å². The zero-order valence-electron chi connectivity index (χ0n) is 8.34. The minimum atomic E-state index is -0.669. The van der Waals surface area contributed by atoms with E-state index in [4.69, 9.17) is 23.6 Å². The number of rotatable bonds is 1. The summed E-state index contributed by atoms with van der Waals surface area (Å²) in [4.78, 5) is 14.6. The highest BCUT2D eigenvalue weighted by Gasteiger charge is 2.15. The van der Waals surface area contributed by atoms with Crippen molar-refractivity contribution in [2.75, 3.05) is 0 Å². The largest absolute Gasteiger partial charge is 0.506 e. The minimum Gasteiger partial charge on any atom is -0.506 e. The molecule has 0 unspecified atom stereocenters. The van der Waals surface area contributed by atoms with Gasteiger partial charge in [-0.3, -0.25) is 10.2 Å². The second-order valence-electron chi connectivity index (χ2n) is 3.01. The van der Waals surface area contributed by atoms with E-state index in [2.05, 4.69) is 10.2 Å². The molecule has 0 radical (unpaired) electrons. The van der Waals surface area contributed by atoms with E-state index in [1.165, 1.54) is 19.1 Å². The normalized spacial score (nSPS) is 9.31. The van der Waals surface area contributed by atoms with Crippen molar-refractivity contribution < 1.29 is 9.90 Å². The molecule has 0 aliphatic heterocycles. The molecule has 1 amide bonds. The maximum Gasteiger partial charge on any atom is 0.259 e. The standard InChI is InChI=1S/C10H8ClN3O2/c1-5(12)14-10(16)7-3-6(13-2)4-8(11)9(7)15/h3-4,15H,1H3,(H2,12,14,16). The summed E-state index contributed by atoms with van der Waals surface area (Å²) < 4.78 is 0. The topological polar surface area (TPSA) is 77.5 Å². The van der Waals surface area contributed by atoms with Crippen molar-refractivity contribution in [3.63, 3.8) is 0 Å². The first-order valence-electron chi connectivity index (χ1n) is 4.22. The monoisotopic (exact) mass is 237 g/mol. The first-order chi connectivity index (χ1) is 7.45. The predicted octanol–water partition coefficient (Wildman–Crippen LogP) is 2.32. The van der Waals surface area contributed by atoms with Gasteiger partial charge in [0.25, 0.3) is 5.91 Å². The number of halogens is 1. The number of benzene rings is 1. The number of amides is 1. The van der Waals surface area contributed by atoms with Gasteiger partial charge in [-0.2, -0.15) is 0 Å². The first kappa shape index (κ1) is 12.0. The van der Waals surface area contributed by atoms with Crippen LogP contribution in [0.5, 0.6) is 5.75 Å². The summed E-state index contributed by atoms with van der Waals surface area (Å²) in [5.74, 6) is -1.13. The van der Waals surface area contributed by atoms with Crippen LogP contribution < -0.4 is 5.32 Å². The molecule has 0 saturated carbocycles. The van der Waals surface area contributed by atoms with Crippen molar-refractivity contribution >= 4 is 29.0 Å². The number of amidine groups is 1. The number of carbonyl (C=O) groups excluding carboxylic acids is 1. The third-order valence-electron chi connectivity index (χ3n) is 1.72. The number of nitrogens with zero attached hydrogens (tertiary/aromatic N) is 1. The van der Waals surface area contributed by atoms with Crippen molar-refractivity contribution in [2.24, 2.45) is 0 Å². The predicted molar refractivity (Wildman–Crippen MR) is 60.2 cm³/mol. The highest BCUT2D eigenvalue weighted by atomic mass is 35.5. The lowest BCUT2D eigenvalue weighted by Gasteiger charge is -2.07. The molecule has 0 aromatic heterocycles. The van der Waals surface area contributed by atoms with E-state index in [-0.39, 0.29) is 22.1 Å². The van der Waals surface area contributed by atoms with Crippen LogP contribution in [-0.2, 0) is 0 Å². The Morgan fingerprint density at radius 1 is 1.62 bits per heavy atom. The molecule has 0 heterocycles. The number of hydrogen-bond acceptors (Lipinski definition) is 3. The van der Waals surface area contributed by atoms with Gasteiger partial charge in [-0.25, -0.2) is 4.85 Å². The lowest BCUT2D eigenvalue weighted by atomic mass is 10.1. The van der Waals surface area contributed by atoms with Crippen molar-refractivity contribution in [2.45, 2.75) is 6.92 Å². The lowest BCUT2D eigenvalue weighted by molar-refractivity contribution is 0.0974.